The fourth-order valence-corrected chi connectivity index (χ4v) is 0.680. The standard InChI is InChI=1S/C9H18N2/c1-8(2)7-9(10)5-6-11(3)4/h5,7H,6,10H2,1-4H3/b9-5+. The van der Waals surface area contributed by atoms with Crippen LogP contribution in [0.2, 0.25) is 0 Å². The molecule has 11 heavy (non-hydrogen) atoms. The molecule has 0 spiro atoms. The van der Waals surface area contributed by atoms with Crippen LogP contribution in [0.1, 0.15) is 13.8 Å². The second-order valence-corrected chi connectivity index (χ2v) is 3.19. The molecule has 2 N–H and O–H groups in total. The molecule has 0 aliphatic rings. The van der Waals surface area contributed by atoms with Crippen molar-refractivity contribution in [3.05, 3.63) is 23.4 Å². The first-order valence-electron chi connectivity index (χ1n) is 3.77. The van der Waals surface area contributed by atoms with Crippen LogP contribution in [0.15, 0.2) is 23.4 Å². The zero-order valence-electron chi connectivity index (χ0n) is 7.89. The molecule has 2 heteroatoms. The molecule has 0 unspecified atom stereocenters. The van der Waals surface area contributed by atoms with Gasteiger partial charge in [-0.1, -0.05) is 5.57 Å². The van der Waals surface area contributed by atoms with Gasteiger partial charge in [0.05, 0.1) is 0 Å². The first-order chi connectivity index (χ1) is 5.02. The van der Waals surface area contributed by atoms with Gasteiger partial charge in [0.2, 0.25) is 0 Å². The molecule has 64 valence electrons. The molecule has 0 heterocycles. The zero-order chi connectivity index (χ0) is 8.85. The third kappa shape index (κ3) is 7.13. The van der Waals surface area contributed by atoms with Crippen molar-refractivity contribution in [2.75, 3.05) is 20.6 Å². The van der Waals surface area contributed by atoms with Crippen LogP contribution in [0, 0.1) is 0 Å². The highest BCUT2D eigenvalue weighted by Gasteiger charge is 1.86. The molecule has 0 radical (unpaired) electrons. The van der Waals surface area contributed by atoms with Crippen LogP contribution in [0.3, 0.4) is 0 Å². The van der Waals surface area contributed by atoms with Crippen LogP contribution >= 0.6 is 0 Å². The van der Waals surface area contributed by atoms with Crippen LogP contribution < -0.4 is 5.73 Å². The SMILES string of the molecule is CC(C)=C/C(N)=C\CN(C)C. The highest BCUT2D eigenvalue weighted by atomic mass is 15.0. The predicted molar refractivity (Wildman–Crippen MR) is 50.3 cm³/mol. The number of rotatable bonds is 3. The van der Waals surface area contributed by atoms with E-state index in [-0.39, 0.29) is 0 Å². The summed E-state index contributed by atoms with van der Waals surface area (Å²) in [5, 5.41) is 0. The van der Waals surface area contributed by atoms with Crippen LogP contribution in [0.4, 0.5) is 0 Å². The van der Waals surface area contributed by atoms with Crippen molar-refractivity contribution in [3.8, 4) is 0 Å². The monoisotopic (exact) mass is 154 g/mol. The van der Waals surface area contributed by atoms with Gasteiger partial charge in [0, 0.05) is 12.2 Å². The Morgan fingerprint density at radius 2 is 1.91 bits per heavy atom. The lowest BCUT2D eigenvalue weighted by atomic mass is 10.2. The number of hydrogen-bond donors (Lipinski definition) is 1. The molecule has 0 fully saturated rings. The normalized spacial score (nSPS) is 11.9. The molecule has 0 aromatic rings. The molecule has 0 aliphatic carbocycles. The van der Waals surface area contributed by atoms with Gasteiger partial charge in [-0.15, -0.1) is 0 Å². The van der Waals surface area contributed by atoms with Gasteiger partial charge < -0.3 is 10.6 Å². The fraction of sp³-hybridized carbons (Fsp3) is 0.556. The maximum atomic E-state index is 5.68. The lowest BCUT2D eigenvalue weighted by molar-refractivity contribution is 0.455. The van der Waals surface area contributed by atoms with Crippen molar-refractivity contribution in [1.82, 2.24) is 4.90 Å². The van der Waals surface area contributed by atoms with E-state index in [1.54, 1.807) is 0 Å². The Morgan fingerprint density at radius 3 is 2.27 bits per heavy atom. The van der Waals surface area contributed by atoms with E-state index in [4.69, 9.17) is 5.73 Å². The minimum absolute atomic E-state index is 0.846. The van der Waals surface area contributed by atoms with Gasteiger partial charge in [-0.3, -0.25) is 0 Å². The number of nitrogens with zero attached hydrogens (tertiary/aromatic N) is 1. The maximum Gasteiger partial charge on any atom is 0.0285 e. The molecule has 0 atom stereocenters. The van der Waals surface area contributed by atoms with Crippen LogP contribution in [-0.2, 0) is 0 Å². The number of hydrogen-bond acceptors (Lipinski definition) is 2. The maximum absolute atomic E-state index is 5.68. The van der Waals surface area contributed by atoms with E-state index in [0.29, 0.717) is 0 Å². The Balaban J connectivity index is 3.92. The van der Waals surface area contributed by atoms with Crippen molar-refractivity contribution in [2.45, 2.75) is 13.8 Å². The molecule has 0 aliphatic heterocycles. The van der Waals surface area contributed by atoms with E-state index in [0.717, 1.165) is 12.2 Å². The van der Waals surface area contributed by atoms with Gasteiger partial charge in [0.15, 0.2) is 0 Å². The molecular formula is C9H18N2. The van der Waals surface area contributed by atoms with Crippen molar-refractivity contribution in [2.24, 2.45) is 5.73 Å². The Bertz CT molecular complexity index is 162. The van der Waals surface area contributed by atoms with Gasteiger partial charge in [-0.2, -0.15) is 0 Å². The van der Waals surface area contributed by atoms with Crippen LogP contribution in [-0.4, -0.2) is 25.5 Å². The Kier molecular flexibility index (Phi) is 4.62. The number of nitrogens with two attached hydrogens (primary N) is 1. The van der Waals surface area contributed by atoms with E-state index in [2.05, 4.69) is 4.90 Å². The zero-order valence-corrected chi connectivity index (χ0v) is 7.89. The highest BCUT2D eigenvalue weighted by molar-refractivity contribution is 5.18. The summed E-state index contributed by atoms with van der Waals surface area (Å²) in [6.45, 7) is 4.97. The quantitative estimate of drug-likeness (QED) is 0.622. The van der Waals surface area contributed by atoms with E-state index in [9.17, 15) is 0 Å². The largest absolute Gasteiger partial charge is 0.399 e. The summed E-state index contributed by atoms with van der Waals surface area (Å²) in [4.78, 5) is 2.08. The van der Waals surface area contributed by atoms with Crippen molar-refractivity contribution in [3.63, 3.8) is 0 Å². The molecule has 0 bridgehead atoms. The summed E-state index contributed by atoms with van der Waals surface area (Å²) in [5.74, 6) is 0. The van der Waals surface area contributed by atoms with E-state index >= 15 is 0 Å². The second-order valence-electron chi connectivity index (χ2n) is 3.19. The summed E-state index contributed by atoms with van der Waals surface area (Å²) < 4.78 is 0. The smallest absolute Gasteiger partial charge is 0.0285 e. The first kappa shape index (κ1) is 10.2. The van der Waals surface area contributed by atoms with E-state index in [1.807, 2.05) is 40.1 Å². The topological polar surface area (TPSA) is 29.3 Å². The summed E-state index contributed by atoms with van der Waals surface area (Å²) in [6.07, 6.45) is 3.98. The third-order valence-corrected chi connectivity index (χ3v) is 1.15. The van der Waals surface area contributed by atoms with Gasteiger partial charge in [0.1, 0.15) is 0 Å². The first-order valence-corrected chi connectivity index (χ1v) is 3.77. The average molecular weight is 154 g/mol. The predicted octanol–water partition coefficient (Wildman–Crippen LogP) is 1.36. The van der Waals surface area contributed by atoms with E-state index < -0.39 is 0 Å². The van der Waals surface area contributed by atoms with Gasteiger partial charge in [-0.05, 0) is 40.1 Å². The Hall–Kier alpha value is -0.760. The number of likely N-dealkylation sites (N-methyl/N-ethyl adjacent to an activating group) is 1. The molecular weight excluding hydrogens is 136 g/mol. The lowest BCUT2D eigenvalue weighted by Crippen LogP contribution is -2.12. The highest BCUT2D eigenvalue weighted by Crippen LogP contribution is 1.94. The van der Waals surface area contributed by atoms with Crippen molar-refractivity contribution >= 4 is 0 Å². The molecule has 0 rings (SSSR count). The summed E-state index contributed by atoms with van der Waals surface area (Å²) >= 11 is 0. The second kappa shape index (κ2) is 4.97. The summed E-state index contributed by atoms with van der Waals surface area (Å²) in [5.41, 5.74) is 7.76. The summed E-state index contributed by atoms with van der Waals surface area (Å²) in [6, 6.07) is 0. The van der Waals surface area contributed by atoms with Crippen LogP contribution in [0.25, 0.3) is 0 Å². The molecule has 0 saturated heterocycles. The van der Waals surface area contributed by atoms with Gasteiger partial charge in [0.25, 0.3) is 0 Å². The summed E-state index contributed by atoms with van der Waals surface area (Å²) in [7, 11) is 4.04. The molecule has 0 aromatic heterocycles. The minimum Gasteiger partial charge on any atom is -0.399 e. The number of allylic oxidation sites excluding steroid dienone is 2. The van der Waals surface area contributed by atoms with E-state index in [1.165, 1.54) is 5.57 Å². The molecule has 0 saturated carbocycles. The lowest BCUT2D eigenvalue weighted by Gasteiger charge is -2.04. The fourth-order valence-electron chi connectivity index (χ4n) is 0.680. The van der Waals surface area contributed by atoms with Gasteiger partial charge >= 0.3 is 0 Å². The Morgan fingerprint density at radius 1 is 1.36 bits per heavy atom. The Labute approximate surface area is 69.4 Å². The van der Waals surface area contributed by atoms with Crippen molar-refractivity contribution < 1.29 is 0 Å². The van der Waals surface area contributed by atoms with Crippen molar-refractivity contribution in [1.29, 1.82) is 0 Å². The minimum atomic E-state index is 0.846. The third-order valence-electron chi connectivity index (χ3n) is 1.15. The van der Waals surface area contributed by atoms with Gasteiger partial charge in [-0.25, -0.2) is 0 Å². The molecule has 0 amide bonds. The van der Waals surface area contributed by atoms with Crippen LogP contribution in [0.5, 0.6) is 0 Å². The molecule has 0 aromatic carbocycles. The molecule has 2 nitrogen and oxygen atoms in total. The average Bonchev–Trinajstić information content (AvgIpc) is 1.82.